The lowest BCUT2D eigenvalue weighted by Gasteiger charge is -2.10. The number of carbonyl (C=O) groups is 3. The highest BCUT2D eigenvalue weighted by atomic mass is 16.5. The van der Waals surface area contributed by atoms with Crippen LogP contribution in [0.5, 0.6) is 0 Å². The Kier molecular flexibility index (Phi) is 4.71. The lowest BCUT2D eigenvalue weighted by Crippen LogP contribution is -2.30. The second-order valence-corrected chi connectivity index (χ2v) is 7.37. The van der Waals surface area contributed by atoms with Gasteiger partial charge < -0.3 is 14.5 Å². The fourth-order valence-corrected chi connectivity index (χ4v) is 3.89. The summed E-state index contributed by atoms with van der Waals surface area (Å²) in [4.78, 5) is 38.2. The molecule has 1 fully saturated rings. The van der Waals surface area contributed by atoms with Crippen LogP contribution in [0.3, 0.4) is 0 Å². The topological polar surface area (TPSA) is 88.9 Å². The first-order chi connectivity index (χ1) is 15.5. The summed E-state index contributed by atoms with van der Waals surface area (Å²) in [6.45, 7) is -0.102. The third-order valence-corrected chi connectivity index (χ3v) is 5.43. The van der Waals surface area contributed by atoms with Crippen LogP contribution in [0.25, 0.3) is 27.6 Å². The number of benzene rings is 3. The van der Waals surface area contributed by atoms with E-state index in [0.29, 0.717) is 5.76 Å². The lowest BCUT2D eigenvalue weighted by molar-refractivity contribution is -0.123. The predicted octanol–water partition coefficient (Wildman–Crippen LogP) is 4.47. The van der Waals surface area contributed by atoms with Crippen LogP contribution in [0, 0.1) is 0 Å². The molecule has 3 aromatic carbocycles. The summed E-state index contributed by atoms with van der Waals surface area (Å²) in [5.41, 5.74) is 1.03. The van der Waals surface area contributed by atoms with E-state index in [1.807, 2.05) is 48.5 Å². The summed E-state index contributed by atoms with van der Waals surface area (Å²) in [5, 5.41) is 6.70. The molecule has 1 saturated heterocycles. The van der Waals surface area contributed by atoms with Crippen LogP contribution in [0.15, 0.2) is 76.8 Å². The Morgan fingerprint density at radius 2 is 1.66 bits per heavy atom. The van der Waals surface area contributed by atoms with E-state index in [1.165, 1.54) is 19.2 Å². The molecule has 158 valence electrons. The van der Waals surface area contributed by atoms with Crippen LogP contribution in [0.1, 0.15) is 21.9 Å². The quantitative estimate of drug-likeness (QED) is 0.225. The minimum absolute atomic E-state index is 0.00699. The monoisotopic (exact) mass is 426 g/mol. The highest BCUT2D eigenvalue weighted by Crippen LogP contribution is 2.31. The summed E-state index contributed by atoms with van der Waals surface area (Å²) in [6, 6.07) is 20.3. The normalized spacial score (nSPS) is 15.0. The second kappa shape index (κ2) is 7.70. The van der Waals surface area contributed by atoms with E-state index in [1.54, 1.807) is 6.08 Å². The fourth-order valence-electron chi connectivity index (χ4n) is 3.89. The van der Waals surface area contributed by atoms with Gasteiger partial charge in [0, 0.05) is 0 Å². The Bertz CT molecular complexity index is 1380. The van der Waals surface area contributed by atoms with Gasteiger partial charge in [-0.05, 0) is 51.4 Å². The first kappa shape index (κ1) is 19.6. The van der Waals surface area contributed by atoms with Crippen molar-refractivity contribution in [2.45, 2.75) is 6.54 Å². The molecule has 5 rings (SSSR count). The molecule has 0 atom stereocenters. The molecule has 3 amide bonds. The van der Waals surface area contributed by atoms with Gasteiger partial charge in [0.1, 0.15) is 11.5 Å². The van der Waals surface area contributed by atoms with Crippen molar-refractivity contribution < 1.29 is 23.5 Å². The van der Waals surface area contributed by atoms with Gasteiger partial charge in [-0.3, -0.25) is 9.69 Å². The molecule has 0 spiro atoms. The molecule has 7 heteroatoms. The lowest BCUT2D eigenvalue weighted by atomic mass is 9.96. The molecule has 1 N–H and O–H groups in total. The highest BCUT2D eigenvalue weighted by molar-refractivity contribution is 6.16. The number of methoxy groups -OCH3 is 1. The summed E-state index contributed by atoms with van der Waals surface area (Å²) in [7, 11) is 1.25. The molecular weight excluding hydrogens is 408 g/mol. The summed E-state index contributed by atoms with van der Waals surface area (Å²) in [6.07, 6.45) is 1.72. The third-order valence-electron chi connectivity index (χ3n) is 5.43. The van der Waals surface area contributed by atoms with Gasteiger partial charge in [0.25, 0.3) is 5.91 Å². The van der Waals surface area contributed by atoms with Crippen molar-refractivity contribution in [1.82, 2.24) is 10.2 Å². The largest absolute Gasteiger partial charge is 0.463 e. The number of hydrogen-bond donors (Lipinski definition) is 1. The van der Waals surface area contributed by atoms with Gasteiger partial charge >= 0.3 is 12.0 Å². The van der Waals surface area contributed by atoms with E-state index in [0.717, 1.165) is 32.0 Å². The molecule has 0 bridgehead atoms. The number of esters is 1. The Hall–Kier alpha value is -4.39. The van der Waals surface area contributed by atoms with Crippen LogP contribution in [-0.4, -0.2) is 29.9 Å². The fraction of sp³-hybridized carbons (Fsp3) is 0.0800. The Balaban J connectivity index is 1.52. The molecule has 1 aromatic heterocycles. The van der Waals surface area contributed by atoms with E-state index < -0.39 is 17.9 Å². The molecule has 32 heavy (non-hydrogen) atoms. The standard InChI is InChI=1S/C25H18N2O5/c1-31-24(29)22-11-10-17(32-22)14-27-23(28)21(26-25(27)30)13-20-18-8-4-2-6-15(18)12-16-7-3-5-9-19(16)20/h2-13H,14H2,1H3,(H,26,30)/b21-13-. The Labute approximate surface area is 182 Å². The molecule has 1 aliphatic rings. The SMILES string of the molecule is COC(=O)c1ccc(CN2C(=O)N/C(=C\c3c4ccccc4cc4ccccc34)C2=O)o1. The maximum absolute atomic E-state index is 13.0. The Morgan fingerprint density at radius 1 is 1.00 bits per heavy atom. The molecule has 1 aliphatic heterocycles. The number of carbonyl (C=O) groups excluding carboxylic acids is 3. The van der Waals surface area contributed by atoms with E-state index in [-0.39, 0.29) is 18.0 Å². The average Bonchev–Trinajstić information content (AvgIpc) is 3.39. The zero-order valence-electron chi connectivity index (χ0n) is 17.1. The van der Waals surface area contributed by atoms with Crippen LogP contribution in [0.2, 0.25) is 0 Å². The van der Waals surface area contributed by atoms with Gasteiger partial charge in [0.05, 0.1) is 13.7 Å². The van der Waals surface area contributed by atoms with E-state index in [9.17, 15) is 14.4 Å². The van der Waals surface area contributed by atoms with Gasteiger partial charge in [-0.25, -0.2) is 9.59 Å². The summed E-state index contributed by atoms with van der Waals surface area (Å²) >= 11 is 0. The number of hydrogen-bond acceptors (Lipinski definition) is 5. The minimum atomic E-state index is -0.628. The van der Waals surface area contributed by atoms with Gasteiger partial charge in [0.2, 0.25) is 5.76 Å². The molecule has 7 nitrogen and oxygen atoms in total. The molecule has 0 aliphatic carbocycles. The maximum Gasteiger partial charge on any atom is 0.373 e. The van der Waals surface area contributed by atoms with Crippen molar-refractivity contribution in [2.75, 3.05) is 7.11 Å². The van der Waals surface area contributed by atoms with E-state index in [2.05, 4.69) is 16.1 Å². The number of urea groups is 1. The first-order valence-corrected chi connectivity index (χ1v) is 9.97. The first-order valence-electron chi connectivity index (χ1n) is 9.97. The average molecular weight is 426 g/mol. The van der Waals surface area contributed by atoms with Crippen molar-refractivity contribution in [3.8, 4) is 0 Å². The van der Waals surface area contributed by atoms with Crippen LogP contribution >= 0.6 is 0 Å². The zero-order valence-corrected chi connectivity index (χ0v) is 17.1. The maximum atomic E-state index is 13.0. The van der Waals surface area contributed by atoms with E-state index in [4.69, 9.17) is 4.42 Å². The number of nitrogens with zero attached hydrogens (tertiary/aromatic N) is 1. The molecular formula is C25H18N2O5. The Morgan fingerprint density at radius 3 is 2.31 bits per heavy atom. The van der Waals surface area contributed by atoms with Crippen molar-refractivity contribution in [1.29, 1.82) is 0 Å². The number of rotatable bonds is 4. The van der Waals surface area contributed by atoms with E-state index >= 15 is 0 Å². The van der Waals surface area contributed by atoms with Crippen molar-refractivity contribution >= 4 is 45.5 Å². The number of nitrogens with one attached hydrogen (secondary N) is 1. The number of amides is 3. The van der Waals surface area contributed by atoms with Crippen molar-refractivity contribution in [2.24, 2.45) is 0 Å². The predicted molar refractivity (Wildman–Crippen MR) is 119 cm³/mol. The minimum Gasteiger partial charge on any atom is -0.463 e. The molecule has 0 radical (unpaired) electrons. The third kappa shape index (κ3) is 3.30. The smallest absolute Gasteiger partial charge is 0.373 e. The number of imide groups is 1. The van der Waals surface area contributed by atoms with Crippen LogP contribution < -0.4 is 5.32 Å². The number of ether oxygens (including phenoxy) is 1. The second-order valence-electron chi connectivity index (χ2n) is 7.37. The number of fused-ring (bicyclic) bond motifs is 2. The molecule has 2 heterocycles. The molecule has 4 aromatic rings. The van der Waals surface area contributed by atoms with Gasteiger partial charge in [0.15, 0.2) is 0 Å². The van der Waals surface area contributed by atoms with Crippen molar-refractivity contribution in [3.63, 3.8) is 0 Å². The number of furan rings is 1. The highest BCUT2D eigenvalue weighted by Gasteiger charge is 2.34. The van der Waals surface area contributed by atoms with Gasteiger partial charge in [-0.1, -0.05) is 48.5 Å². The van der Waals surface area contributed by atoms with Gasteiger partial charge in [-0.2, -0.15) is 0 Å². The summed E-state index contributed by atoms with van der Waals surface area (Å²) < 4.78 is 10.0. The van der Waals surface area contributed by atoms with Crippen molar-refractivity contribution in [3.05, 3.63) is 89.5 Å². The van der Waals surface area contributed by atoms with Gasteiger partial charge in [-0.15, -0.1) is 0 Å². The zero-order chi connectivity index (χ0) is 22.2. The molecule has 0 unspecified atom stereocenters. The summed E-state index contributed by atoms with van der Waals surface area (Å²) in [5.74, 6) is -0.793. The van der Waals surface area contributed by atoms with Crippen LogP contribution in [-0.2, 0) is 16.1 Å². The molecule has 0 saturated carbocycles. The van der Waals surface area contributed by atoms with Crippen LogP contribution in [0.4, 0.5) is 4.79 Å².